The summed E-state index contributed by atoms with van der Waals surface area (Å²) >= 11 is 5.41. The molecule has 0 fully saturated rings. The third-order valence-corrected chi connectivity index (χ3v) is 0.973. The summed E-state index contributed by atoms with van der Waals surface area (Å²) in [6.45, 7) is 0. The van der Waals surface area contributed by atoms with Gasteiger partial charge in [-0.05, 0) is 0 Å². The number of nitrogens with zero attached hydrogens (tertiary/aromatic N) is 2. The first-order chi connectivity index (χ1) is 3.84. The molecule has 1 aromatic heterocycles. The van der Waals surface area contributed by atoms with E-state index in [1.807, 2.05) is 0 Å². The maximum Gasteiger partial charge on any atom is 0.152 e. The van der Waals surface area contributed by atoms with Crippen LogP contribution in [0, 0.1) is 5.53 Å². The molecule has 2 N–H and O–H groups in total. The van der Waals surface area contributed by atoms with Gasteiger partial charge in [0.15, 0.2) is 5.15 Å². The Morgan fingerprint density at radius 3 is 2.88 bits per heavy atom. The highest BCUT2D eigenvalue weighted by atomic mass is 35.5. The van der Waals surface area contributed by atoms with Gasteiger partial charge in [0.1, 0.15) is 5.69 Å². The average Bonchev–Trinajstić information content (AvgIpc) is 2.14. The van der Waals surface area contributed by atoms with Crippen LogP contribution >= 0.6 is 11.6 Å². The first-order valence-electron chi connectivity index (χ1n) is 1.91. The van der Waals surface area contributed by atoms with Gasteiger partial charge >= 0.3 is 0 Å². The van der Waals surface area contributed by atoms with E-state index in [1.165, 1.54) is 6.20 Å². The number of rotatable bonds is 1. The van der Waals surface area contributed by atoms with Crippen LogP contribution < -0.4 is 0 Å². The fraction of sp³-hybridized carbons (Fsp3) is 0. The molecule has 1 heterocycles. The molecule has 1 rings (SSSR count). The zero-order valence-corrected chi connectivity index (χ0v) is 4.61. The minimum Gasteiger partial charge on any atom is -0.265 e. The van der Waals surface area contributed by atoms with Crippen molar-refractivity contribution in [2.24, 2.45) is 5.11 Å². The van der Waals surface area contributed by atoms with Crippen LogP contribution in [0.4, 0.5) is 5.69 Å². The first kappa shape index (κ1) is 5.24. The lowest BCUT2D eigenvalue weighted by Gasteiger charge is -1.76. The Bertz CT molecular complexity index is 193. The van der Waals surface area contributed by atoms with Crippen LogP contribution in [0.1, 0.15) is 0 Å². The second-order valence-corrected chi connectivity index (χ2v) is 1.56. The van der Waals surface area contributed by atoms with Crippen LogP contribution in [-0.4, -0.2) is 10.2 Å². The van der Waals surface area contributed by atoms with Crippen molar-refractivity contribution in [1.82, 2.24) is 10.2 Å². The molecule has 0 atom stereocenters. The third kappa shape index (κ3) is 0.696. The maximum atomic E-state index is 6.48. The Morgan fingerprint density at radius 2 is 2.62 bits per heavy atom. The van der Waals surface area contributed by atoms with Gasteiger partial charge in [-0.15, -0.1) is 0 Å². The molecule has 42 valence electrons. The summed E-state index contributed by atoms with van der Waals surface area (Å²) in [5.41, 5.74) is 6.85. The fourth-order valence-electron chi connectivity index (χ4n) is 0.342. The smallest absolute Gasteiger partial charge is 0.152 e. The van der Waals surface area contributed by atoms with Gasteiger partial charge in [-0.3, -0.25) is 5.10 Å². The van der Waals surface area contributed by atoms with Crippen LogP contribution in [0.3, 0.4) is 0 Å². The largest absolute Gasteiger partial charge is 0.265 e. The molecule has 0 radical (unpaired) electrons. The van der Waals surface area contributed by atoms with Crippen molar-refractivity contribution in [3.63, 3.8) is 0 Å². The van der Waals surface area contributed by atoms with Crippen LogP contribution in [0.5, 0.6) is 0 Å². The molecule has 0 saturated carbocycles. The summed E-state index contributed by atoms with van der Waals surface area (Å²) in [6, 6.07) is 0. The number of halogens is 1. The molecule has 0 amide bonds. The second-order valence-electron chi connectivity index (χ2n) is 1.18. The van der Waals surface area contributed by atoms with Crippen LogP contribution in [0.15, 0.2) is 11.3 Å². The average molecular weight is 131 g/mol. The highest BCUT2D eigenvalue weighted by molar-refractivity contribution is 6.31. The van der Waals surface area contributed by atoms with E-state index in [0.29, 0.717) is 10.8 Å². The SMILES string of the molecule is N=Nc1cn[nH]c1Cl. The third-order valence-electron chi connectivity index (χ3n) is 0.695. The van der Waals surface area contributed by atoms with Gasteiger partial charge in [-0.1, -0.05) is 11.6 Å². The van der Waals surface area contributed by atoms with E-state index < -0.39 is 0 Å². The van der Waals surface area contributed by atoms with Gasteiger partial charge in [0.25, 0.3) is 0 Å². The normalized spacial score (nSPS) is 9.12. The lowest BCUT2D eigenvalue weighted by Crippen LogP contribution is -1.59. The quantitative estimate of drug-likeness (QED) is 0.559. The Hall–Kier alpha value is -0.900. The predicted octanol–water partition coefficient (Wildman–Crippen LogP) is 1.73. The molecule has 0 aliphatic carbocycles. The molecule has 0 aliphatic heterocycles. The maximum absolute atomic E-state index is 6.48. The van der Waals surface area contributed by atoms with Crippen LogP contribution in [0.2, 0.25) is 5.15 Å². The zero-order valence-electron chi connectivity index (χ0n) is 3.85. The molecule has 8 heavy (non-hydrogen) atoms. The van der Waals surface area contributed by atoms with E-state index in [0.717, 1.165) is 0 Å². The molecule has 0 aliphatic rings. The van der Waals surface area contributed by atoms with Crippen LogP contribution in [-0.2, 0) is 0 Å². The summed E-state index contributed by atoms with van der Waals surface area (Å²) in [6.07, 6.45) is 1.38. The van der Waals surface area contributed by atoms with Crippen molar-refractivity contribution in [2.75, 3.05) is 0 Å². The van der Waals surface area contributed by atoms with Gasteiger partial charge in [-0.25, -0.2) is 5.53 Å². The molecule has 0 aromatic carbocycles. The zero-order chi connectivity index (χ0) is 5.98. The Balaban J connectivity index is 3.09. The predicted molar refractivity (Wildman–Crippen MR) is 28.4 cm³/mol. The van der Waals surface area contributed by atoms with Crippen molar-refractivity contribution < 1.29 is 0 Å². The molecule has 0 saturated heterocycles. The Labute approximate surface area is 50.4 Å². The van der Waals surface area contributed by atoms with E-state index in [4.69, 9.17) is 17.1 Å². The van der Waals surface area contributed by atoms with Gasteiger partial charge in [-0.2, -0.15) is 10.2 Å². The Morgan fingerprint density at radius 1 is 1.88 bits per heavy atom. The van der Waals surface area contributed by atoms with Crippen molar-refractivity contribution in [1.29, 1.82) is 5.53 Å². The van der Waals surface area contributed by atoms with Crippen molar-refractivity contribution in [3.8, 4) is 0 Å². The van der Waals surface area contributed by atoms with Crippen molar-refractivity contribution in [3.05, 3.63) is 11.3 Å². The highest BCUT2D eigenvalue weighted by Crippen LogP contribution is 2.19. The van der Waals surface area contributed by atoms with Gasteiger partial charge in [0.05, 0.1) is 6.20 Å². The number of aromatic nitrogens is 2. The highest BCUT2D eigenvalue weighted by Gasteiger charge is 1.96. The molecule has 0 spiro atoms. The molecule has 1 aromatic rings. The van der Waals surface area contributed by atoms with Crippen LogP contribution in [0.25, 0.3) is 0 Å². The monoisotopic (exact) mass is 130 g/mol. The number of aromatic amines is 1. The van der Waals surface area contributed by atoms with Gasteiger partial charge in [0.2, 0.25) is 0 Å². The summed E-state index contributed by atoms with van der Waals surface area (Å²) in [5, 5.41) is 9.30. The standard InChI is InChI=1S/C3H3ClN4/c4-3-2(7-5)1-6-8-3/h1,5H,(H,6,8). The lowest BCUT2D eigenvalue weighted by molar-refractivity contribution is 1.09. The number of hydrogen-bond acceptors (Lipinski definition) is 3. The number of hydrogen-bond donors (Lipinski definition) is 2. The topological polar surface area (TPSA) is 64.9 Å². The molecule has 0 unspecified atom stereocenters. The summed E-state index contributed by atoms with van der Waals surface area (Å²) < 4.78 is 0. The van der Waals surface area contributed by atoms with E-state index in [1.54, 1.807) is 0 Å². The summed E-state index contributed by atoms with van der Waals surface area (Å²) in [4.78, 5) is 0. The second kappa shape index (κ2) is 1.92. The minimum atomic E-state index is 0.306. The molecule has 4 nitrogen and oxygen atoms in total. The van der Waals surface area contributed by atoms with Crippen molar-refractivity contribution in [2.45, 2.75) is 0 Å². The number of nitrogens with one attached hydrogen (secondary N) is 2. The summed E-state index contributed by atoms with van der Waals surface area (Å²) in [5.74, 6) is 0. The molecule has 0 bridgehead atoms. The van der Waals surface area contributed by atoms with Crippen molar-refractivity contribution >= 4 is 17.3 Å². The van der Waals surface area contributed by atoms with E-state index >= 15 is 0 Å². The lowest BCUT2D eigenvalue weighted by atomic mass is 10.6. The first-order valence-corrected chi connectivity index (χ1v) is 2.28. The van der Waals surface area contributed by atoms with E-state index in [-0.39, 0.29) is 0 Å². The van der Waals surface area contributed by atoms with E-state index in [9.17, 15) is 0 Å². The molecule has 5 heteroatoms. The molecular formula is C3H3ClN4. The van der Waals surface area contributed by atoms with E-state index in [2.05, 4.69) is 15.3 Å². The van der Waals surface area contributed by atoms with Gasteiger partial charge in [0, 0.05) is 0 Å². The fourth-order valence-corrected chi connectivity index (χ4v) is 0.482. The minimum absolute atomic E-state index is 0.306. The molecular weight excluding hydrogens is 128 g/mol. The van der Waals surface area contributed by atoms with Gasteiger partial charge < -0.3 is 0 Å². The summed E-state index contributed by atoms with van der Waals surface area (Å²) in [7, 11) is 0. The Kier molecular flexibility index (Phi) is 1.26. The number of H-pyrrole nitrogens is 1.